The molecule has 0 saturated carbocycles. The molecule has 6 nitrogen and oxygen atoms in total. The second kappa shape index (κ2) is 6.72. The van der Waals surface area contributed by atoms with Crippen LogP contribution in [0, 0.1) is 10.1 Å². The minimum absolute atomic E-state index is 0.00795. The first-order valence-electron chi connectivity index (χ1n) is 6.21. The van der Waals surface area contributed by atoms with Crippen molar-refractivity contribution < 1.29 is 9.72 Å². The highest BCUT2D eigenvalue weighted by molar-refractivity contribution is 5.95. The van der Waals surface area contributed by atoms with E-state index in [4.69, 9.17) is 0 Å². The first-order valence-corrected chi connectivity index (χ1v) is 6.21. The van der Waals surface area contributed by atoms with Gasteiger partial charge in [-0.1, -0.05) is 13.3 Å². The van der Waals surface area contributed by atoms with Gasteiger partial charge >= 0.3 is 0 Å². The fraction of sp³-hybridized carbons (Fsp3) is 0.462. The summed E-state index contributed by atoms with van der Waals surface area (Å²) in [6.07, 6.45) is 1.92. The molecule has 0 aromatic heterocycles. The predicted molar refractivity (Wildman–Crippen MR) is 74.5 cm³/mol. The number of hydrogen-bond acceptors (Lipinski definition) is 4. The van der Waals surface area contributed by atoms with Crippen LogP contribution in [-0.2, 0) is 0 Å². The summed E-state index contributed by atoms with van der Waals surface area (Å²) in [5.74, 6) is -0.173. The van der Waals surface area contributed by atoms with Crippen molar-refractivity contribution in [2.24, 2.45) is 0 Å². The zero-order valence-corrected chi connectivity index (χ0v) is 11.5. The molecule has 1 rings (SSSR count). The number of nitro groups is 1. The smallest absolute Gasteiger partial charge is 0.292 e. The normalized spacial score (nSPS) is 10.1. The highest BCUT2D eigenvalue weighted by Crippen LogP contribution is 2.26. The van der Waals surface area contributed by atoms with E-state index in [9.17, 15) is 14.9 Å². The summed E-state index contributed by atoms with van der Waals surface area (Å²) < 4.78 is 0. The van der Waals surface area contributed by atoms with E-state index in [2.05, 4.69) is 5.32 Å². The third kappa shape index (κ3) is 3.94. The van der Waals surface area contributed by atoms with Crippen LogP contribution in [0.5, 0.6) is 0 Å². The lowest BCUT2D eigenvalue weighted by Gasteiger charge is -2.12. The van der Waals surface area contributed by atoms with E-state index in [0.29, 0.717) is 17.8 Å². The van der Waals surface area contributed by atoms with Gasteiger partial charge in [0.15, 0.2) is 0 Å². The van der Waals surface area contributed by atoms with Crippen molar-refractivity contribution in [1.82, 2.24) is 4.90 Å². The fourth-order valence-corrected chi connectivity index (χ4v) is 1.63. The molecule has 0 radical (unpaired) electrons. The van der Waals surface area contributed by atoms with Gasteiger partial charge < -0.3 is 10.2 Å². The van der Waals surface area contributed by atoms with Crippen LogP contribution in [0.1, 0.15) is 30.1 Å². The summed E-state index contributed by atoms with van der Waals surface area (Å²) in [5, 5.41) is 14.0. The van der Waals surface area contributed by atoms with Crippen molar-refractivity contribution in [3.63, 3.8) is 0 Å². The largest absolute Gasteiger partial charge is 0.379 e. The van der Waals surface area contributed by atoms with Crippen molar-refractivity contribution >= 4 is 17.3 Å². The molecule has 0 unspecified atom stereocenters. The average Bonchev–Trinajstić information content (AvgIpc) is 2.37. The molecule has 1 aromatic carbocycles. The summed E-state index contributed by atoms with van der Waals surface area (Å²) in [7, 11) is 3.29. The molecule has 1 aromatic rings. The lowest BCUT2D eigenvalue weighted by atomic mass is 10.1. The van der Waals surface area contributed by atoms with Gasteiger partial charge in [0.05, 0.1) is 4.92 Å². The molecule has 0 atom stereocenters. The monoisotopic (exact) mass is 265 g/mol. The minimum Gasteiger partial charge on any atom is -0.379 e. The Morgan fingerprint density at radius 3 is 2.63 bits per heavy atom. The molecule has 0 spiro atoms. The summed E-state index contributed by atoms with van der Waals surface area (Å²) in [4.78, 5) is 23.8. The number of rotatable bonds is 6. The van der Waals surface area contributed by atoms with Crippen LogP contribution in [0.15, 0.2) is 18.2 Å². The second-order valence-corrected chi connectivity index (χ2v) is 4.47. The van der Waals surface area contributed by atoms with Gasteiger partial charge in [0.1, 0.15) is 5.69 Å². The Hall–Kier alpha value is -2.11. The van der Waals surface area contributed by atoms with Crippen LogP contribution in [0.4, 0.5) is 11.4 Å². The first kappa shape index (κ1) is 14.9. The Bertz CT molecular complexity index is 472. The summed E-state index contributed by atoms with van der Waals surface area (Å²) in [6, 6.07) is 4.38. The van der Waals surface area contributed by atoms with Crippen molar-refractivity contribution in [3.05, 3.63) is 33.9 Å². The number of carbonyl (C=O) groups is 1. The van der Waals surface area contributed by atoms with Crippen LogP contribution in [-0.4, -0.2) is 36.4 Å². The molecule has 104 valence electrons. The van der Waals surface area contributed by atoms with E-state index < -0.39 is 4.92 Å². The van der Waals surface area contributed by atoms with Crippen molar-refractivity contribution in [2.45, 2.75) is 19.8 Å². The van der Waals surface area contributed by atoms with Gasteiger partial charge in [-0.3, -0.25) is 14.9 Å². The number of unbranched alkanes of at least 4 members (excludes halogenated alkanes) is 1. The molecule has 1 N–H and O–H groups in total. The van der Waals surface area contributed by atoms with Gasteiger partial charge in [-0.15, -0.1) is 0 Å². The second-order valence-electron chi connectivity index (χ2n) is 4.47. The number of amides is 1. The van der Waals surface area contributed by atoms with Crippen LogP contribution in [0.25, 0.3) is 0 Å². The highest BCUT2D eigenvalue weighted by Gasteiger charge is 2.17. The van der Waals surface area contributed by atoms with Gasteiger partial charge in [0, 0.05) is 32.3 Å². The zero-order chi connectivity index (χ0) is 14.4. The topological polar surface area (TPSA) is 75.5 Å². The van der Waals surface area contributed by atoms with Gasteiger partial charge in [0.25, 0.3) is 11.6 Å². The molecule has 0 aliphatic carbocycles. The van der Waals surface area contributed by atoms with E-state index in [1.807, 2.05) is 6.92 Å². The maximum absolute atomic E-state index is 11.8. The number of nitrogens with zero attached hydrogens (tertiary/aromatic N) is 2. The fourth-order valence-electron chi connectivity index (χ4n) is 1.63. The Balaban J connectivity index is 3.03. The molecule has 0 fully saturated rings. The average molecular weight is 265 g/mol. The lowest BCUT2D eigenvalue weighted by Crippen LogP contribution is -2.21. The molecular formula is C13H19N3O3. The number of anilines is 1. The third-order valence-corrected chi connectivity index (χ3v) is 2.69. The maximum atomic E-state index is 11.8. The maximum Gasteiger partial charge on any atom is 0.292 e. The van der Waals surface area contributed by atoms with Crippen LogP contribution in [0.3, 0.4) is 0 Å². The Morgan fingerprint density at radius 2 is 2.11 bits per heavy atom. The van der Waals surface area contributed by atoms with Gasteiger partial charge in [-0.05, 0) is 18.6 Å². The molecule has 0 aliphatic rings. The molecule has 19 heavy (non-hydrogen) atoms. The number of nitro benzene ring substituents is 1. The molecule has 0 bridgehead atoms. The standard InChI is InChI=1S/C13H19N3O3/c1-4-5-8-14-11-9-10(13(17)15(2)3)6-7-12(11)16(18)19/h6-7,9,14H,4-5,8H2,1-3H3. The van der Waals surface area contributed by atoms with E-state index in [-0.39, 0.29) is 11.6 Å². The summed E-state index contributed by atoms with van der Waals surface area (Å²) in [5.41, 5.74) is 0.826. The van der Waals surface area contributed by atoms with Gasteiger partial charge in [-0.25, -0.2) is 0 Å². The third-order valence-electron chi connectivity index (χ3n) is 2.69. The molecule has 1 amide bonds. The number of nitrogens with one attached hydrogen (secondary N) is 1. The van der Waals surface area contributed by atoms with Gasteiger partial charge in [0.2, 0.25) is 0 Å². The Morgan fingerprint density at radius 1 is 1.42 bits per heavy atom. The van der Waals surface area contributed by atoms with Crippen molar-refractivity contribution in [3.8, 4) is 0 Å². The van der Waals surface area contributed by atoms with E-state index >= 15 is 0 Å². The first-order chi connectivity index (χ1) is 8.97. The molecule has 0 heterocycles. The number of benzene rings is 1. The van der Waals surface area contributed by atoms with Crippen molar-refractivity contribution in [1.29, 1.82) is 0 Å². The van der Waals surface area contributed by atoms with E-state index in [1.54, 1.807) is 14.1 Å². The molecule has 0 saturated heterocycles. The number of carbonyl (C=O) groups excluding carboxylic acids is 1. The SMILES string of the molecule is CCCCNc1cc(C(=O)N(C)C)ccc1[N+](=O)[O-]. The predicted octanol–water partition coefficient (Wildman–Crippen LogP) is 2.51. The summed E-state index contributed by atoms with van der Waals surface area (Å²) >= 11 is 0. The zero-order valence-electron chi connectivity index (χ0n) is 11.5. The van der Waals surface area contributed by atoms with E-state index in [1.165, 1.54) is 23.1 Å². The Kier molecular flexibility index (Phi) is 5.29. The lowest BCUT2D eigenvalue weighted by molar-refractivity contribution is -0.384. The Labute approximate surface area is 112 Å². The molecular weight excluding hydrogens is 246 g/mol. The number of hydrogen-bond donors (Lipinski definition) is 1. The molecule has 6 heteroatoms. The molecule has 0 aliphatic heterocycles. The quantitative estimate of drug-likeness (QED) is 0.487. The van der Waals surface area contributed by atoms with Crippen LogP contribution >= 0.6 is 0 Å². The van der Waals surface area contributed by atoms with Crippen LogP contribution < -0.4 is 5.32 Å². The summed E-state index contributed by atoms with van der Waals surface area (Å²) in [6.45, 7) is 2.69. The van der Waals surface area contributed by atoms with Gasteiger partial charge in [-0.2, -0.15) is 0 Å². The van der Waals surface area contributed by atoms with Crippen molar-refractivity contribution in [2.75, 3.05) is 26.0 Å². The minimum atomic E-state index is -0.446. The highest BCUT2D eigenvalue weighted by atomic mass is 16.6. The van der Waals surface area contributed by atoms with Crippen LogP contribution in [0.2, 0.25) is 0 Å². The van der Waals surface area contributed by atoms with E-state index in [0.717, 1.165) is 12.8 Å².